The second kappa shape index (κ2) is 2.85. The van der Waals surface area contributed by atoms with Crippen LogP contribution in [0.1, 0.15) is 59.8 Å². The van der Waals surface area contributed by atoms with Crippen LogP contribution in [0.4, 0.5) is 0 Å². The number of hydrogen-bond donors (Lipinski definition) is 1. The molecule has 0 aromatic rings. The summed E-state index contributed by atoms with van der Waals surface area (Å²) in [5, 5.41) is 10.6. The van der Waals surface area contributed by atoms with Gasteiger partial charge in [0, 0.05) is 0 Å². The van der Waals surface area contributed by atoms with Gasteiger partial charge in [-0.25, -0.2) is 0 Å². The Labute approximate surface area is 99.6 Å². The maximum atomic E-state index is 10.6. The Balaban J connectivity index is 1.98. The third kappa shape index (κ3) is 1.21. The first-order valence-corrected chi connectivity index (χ1v) is 6.95. The van der Waals surface area contributed by atoms with Crippen molar-refractivity contribution in [1.29, 1.82) is 0 Å². The van der Waals surface area contributed by atoms with E-state index < -0.39 is 0 Å². The van der Waals surface area contributed by atoms with E-state index in [0.717, 1.165) is 11.8 Å². The highest BCUT2D eigenvalue weighted by atomic mass is 16.3. The van der Waals surface area contributed by atoms with Gasteiger partial charge in [-0.3, -0.25) is 0 Å². The van der Waals surface area contributed by atoms with Crippen LogP contribution in [0, 0.1) is 28.1 Å². The molecular weight excluding hydrogens is 196 g/mol. The zero-order chi connectivity index (χ0) is 11.8. The van der Waals surface area contributed by atoms with Crippen molar-refractivity contribution in [2.24, 2.45) is 28.1 Å². The van der Waals surface area contributed by atoms with Crippen LogP contribution < -0.4 is 0 Å². The van der Waals surface area contributed by atoms with Gasteiger partial charge in [-0.05, 0) is 60.2 Å². The minimum Gasteiger partial charge on any atom is -0.392 e. The van der Waals surface area contributed by atoms with E-state index in [1.807, 2.05) is 0 Å². The van der Waals surface area contributed by atoms with Crippen molar-refractivity contribution in [3.05, 3.63) is 0 Å². The predicted molar refractivity (Wildman–Crippen MR) is 66.1 cm³/mol. The molecule has 3 saturated carbocycles. The standard InChI is InChI=1S/C15H26O/c1-13(2)7-10-8-14(3)5-6-15(4,12(14)16)11(10)9-13/h10-12,16H,5-9H2,1-4H3/t10?,11?,12?,14-,15+/m0/s1. The third-order valence-electron chi connectivity index (χ3n) is 6.25. The maximum absolute atomic E-state index is 10.6. The van der Waals surface area contributed by atoms with Crippen LogP contribution in [-0.2, 0) is 0 Å². The van der Waals surface area contributed by atoms with Crippen LogP contribution in [0.25, 0.3) is 0 Å². The first-order valence-electron chi connectivity index (χ1n) is 6.95. The van der Waals surface area contributed by atoms with Gasteiger partial charge in [-0.15, -0.1) is 0 Å². The molecule has 0 radical (unpaired) electrons. The van der Waals surface area contributed by atoms with Crippen molar-refractivity contribution >= 4 is 0 Å². The number of aliphatic hydroxyl groups excluding tert-OH is 1. The summed E-state index contributed by atoms with van der Waals surface area (Å²) < 4.78 is 0. The van der Waals surface area contributed by atoms with Crippen LogP contribution in [0.5, 0.6) is 0 Å². The smallest absolute Gasteiger partial charge is 0.0650 e. The van der Waals surface area contributed by atoms with Crippen LogP contribution in [0.15, 0.2) is 0 Å². The second-order valence-electron chi connectivity index (χ2n) is 8.21. The van der Waals surface area contributed by atoms with Crippen molar-refractivity contribution in [3.8, 4) is 0 Å². The number of aliphatic hydroxyl groups is 1. The highest BCUT2D eigenvalue weighted by Gasteiger charge is 2.63. The summed E-state index contributed by atoms with van der Waals surface area (Å²) in [5.74, 6) is 1.67. The Bertz CT molecular complexity index is 321. The highest BCUT2D eigenvalue weighted by Crippen LogP contribution is 2.68. The third-order valence-corrected chi connectivity index (χ3v) is 6.25. The van der Waals surface area contributed by atoms with E-state index >= 15 is 0 Å². The minimum absolute atomic E-state index is 0.0462. The van der Waals surface area contributed by atoms with Gasteiger partial charge >= 0.3 is 0 Å². The van der Waals surface area contributed by atoms with E-state index in [1.54, 1.807) is 0 Å². The molecule has 5 atom stereocenters. The Morgan fingerprint density at radius 3 is 2.31 bits per heavy atom. The highest BCUT2D eigenvalue weighted by molar-refractivity contribution is 5.13. The van der Waals surface area contributed by atoms with Crippen LogP contribution >= 0.6 is 0 Å². The Morgan fingerprint density at radius 1 is 0.938 bits per heavy atom. The second-order valence-corrected chi connectivity index (χ2v) is 8.21. The molecule has 1 heteroatoms. The van der Waals surface area contributed by atoms with E-state index in [2.05, 4.69) is 27.7 Å². The lowest BCUT2D eigenvalue weighted by Gasteiger charge is -2.48. The summed E-state index contributed by atoms with van der Waals surface area (Å²) in [5.41, 5.74) is 0.973. The summed E-state index contributed by atoms with van der Waals surface area (Å²) in [7, 11) is 0. The molecule has 2 bridgehead atoms. The van der Waals surface area contributed by atoms with Gasteiger partial charge in [-0.2, -0.15) is 0 Å². The molecule has 92 valence electrons. The quantitative estimate of drug-likeness (QED) is 0.664. The fourth-order valence-electron chi connectivity index (χ4n) is 5.51. The average molecular weight is 222 g/mol. The lowest BCUT2D eigenvalue weighted by molar-refractivity contribution is -0.0933. The van der Waals surface area contributed by atoms with Gasteiger partial charge in [0.2, 0.25) is 0 Å². The minimum atomic E-state index is -0.0462. The van der Waals surface area contributed by atoms with Crippen molar-refractivity contribution < 1.29 is 5.11 Å². The average Bonchev–Trinajstić information content (AvgIpc) is 2.54. The number of rotatable bonds is 0. The molecule has 0 heterocycles. The van der Waals surface area contributed by atoms with Crippen LogP contribution in [0.3, 0.4) is 0 Å². The molecule has 0 aromatic carbocycles. The monoisotopic (exact) mass is 222 g/mol. The van der Waals surface area contributed by atoms with E-state index in [1.165, 1.54) is 32.1 Å². The van der Waals surface area contributed by atoms with Gasteiger partial charge in [0.25, 0.3) is 0 Å². The lowest BCUT2D eigenvalue weighted by Crippen LogP contribution is -2.48. The molecule has 0 aromatic heterocycles. The Kier molecular flexibility index (Phi) is 1.98. The van der Waals surface area contributed by atoms with Gasteiger partial charge in [0.15, 0.2) is 0 Å². The number of hydrogen-bond acceptors (Lipinski definition) is 1. The molecule has 3 fully saturated rings. The zero-order valence-electron chi connectivity index (χ0n) is 11.2. The molecule has 0 amide bonds. The van der Waals surface area contributed by atoms with E-state index in [-0.39, 0.29) is 16.9 Å². The molecule has 16 heavy (non-hydrogen) atoms. The van der Waals surface area contributed by atoms with Gasteiger partial charge in [-0.1, -0.05) is 27.7 Å². The molecule has 3 unspecified atom stereocenters. The molecule has 1 nitrogen and oxygen atoms in total. The van der Waals surface area contributed by atoms with Crippen molar-refractivity contribution in [3.63, 3.8) is 0 Å². The molecule has 0 aliphatic heterocycles. The normalized spacial score (nSPS) is 58.7. The van der Waals surface area contributed by atoms with Crippen molar-refractivity contribution in [2.45, 2.75) is 65.9 Å². The molecular formula is C15H26O. The fraction of sp³-hybridized carbons (Fsp3) is 1.00. The van der Waals surface area contributed by atoms with Gasteiger partial charge in [0.05, 0.1) is 6.10 Å². The summed E-state index contributed by atoms with van der Waals surface area (Å²) in [6, 6.07) is 0. The Hall–Kier alpha value is -0.0400. The first-order chi connectivity index (χ1) is 7.27. The SMILES string of the molecule is CC1(C)CC2C[C@]3(C)CC[C@](C)(C2C1)C3O. The predicted octanol–water partition coefficient (Wildman–Crippen LogP) is 3.61. The van der Waals surface area contributed by atoms with Gasteiger partial charge in [0.1, 0.15) is 0 Å². The van der Waals surface area contributed by atoms with Crippen LogP contribution in [-0.4, -0.2) is 11.2 Å². The maximum Gasteiger partial charge on any atom is 0.0650 e. The molecule has 3 aliphatic rings. The Morgan fingerprint density at radius 2 is 1.62 bits per heavy atom. The summed E-state index contributed by atoms with van der Waals surface area (Å²) >= 11 is 0. The molecule has 3 rings (SSSR count). The van der Waals surface area contributed by atoms with Gasteiger partial charge < -0.3 is 5.11 Å². The summed E-state index contributed by atoms with van der Waals surface area (Å²) in [6.07, 6.45) is 6.45. The first kappa shape index (κ1) is 11.1. The summed E-state index contributed by atoms with van der Waals surface area (Å²) in [4.78, 5) is 0. The molecule has 3 aliphatic carbocycles. The molecule has 1 N–H and O–H groups in total. The largest absolute Gasteiger partial charge is 0.392 e. The zero-order valence-corrected chi connectivity index (χ0v) is 11.2. The number of fused-ring (bicyclic) bond motifs is 4. The van der Waals surface area contributed by atoms with E-state index in [0.29, 0.717) is 5.41 Å². The van der Waals surface area contributed by atoms with E-state index in [4.69, 9.17) is 0 Å². The fourth-order valence-corrected chi connectivity index (χ4v) is 5.51. The van der Waals surface area contributed by atoms with E-state index in [9.17, 15) is 5.11 Å². The molecule has 0 spiro atoms. The summed E-state index contributed by atoms with van der Waals surface area (Å²) in [6.45, 7) is 9.51. The van der Waals surface area contributed by atoms with Crippen molar-refractivity contribution in [2.75, 3.05) is 0 Å². The van der Waals surface area contributed by atoms with Crippen LogP contribution in [0.2, 0.25) is 0 Å². The topological polar surface area (TPSA) is 20.2 Å². The lowest BCUT2D eigenvalue weighted by atomic mass is 9.59. The molecule has 0 saturated heterocycles. The van der Waals surface area contributed by atoms with Crippen molar-refractivity contribution in [1.82, 2.24) is 0 Å².